The van der Waals surface area contributed by atoms with E-state index < -0.39 is 0 Å². The lowest BCUT2D eigenvalue weighted by atomic mass is 9.73. The van der Waals surface area contributed by atoms with Crippen LogP contribution in [-0.4, -0.2) is 54.4 Å². The van der Waals surface area contributed by atoms with Gasteiger partial charge in [0.15, 0.2) is 5.82 Å². The molecule has 0 radical (unpaired) electrons. The number of hydrogen-bond donors (Lipinski definition) is 1. The van der Waals surface area contributed by atoms with Crippen molar-refractivity contribution in [3.05, 3.63) is 59.9 Å². The summed E-state index contributed by atoms with van der Waals surface area (Å²) in [5.74, 6) is 0.634. The summed E-state index contributed by atoms with van der Waals surface area (Å²) in [5, 5.41) is 7.73. The zero-order valence-corrected chi connectivity index (χ0v) is 18.0. The monoisotopic (exact) mass is 417 g/mol. The van der Waals surface area contributed by atoms with Gasteiger partial charge in [0.05, 0.1) is 18.4 Å². The fourth-order valence-electron chi connectivity index (χ4n) is 4.89. The predicted molar refractivity (Wildman–Crippen MR) is 120 cm³/mol. The summed E-state index contributed by atoms with van der Waals surface area (Å²) in [6, 6.07) is 13.8. The van der Waals surface area contributed by atoms with Crippen LogP contribution in [0.1, 0.15) is 28.9 Å². The number of benzene rings is 1. The second kappa shape index (κ2) is 7.72. The number of H-pyrrole nitrogens is 1. The molecule has 7 nitrogen and oxygen atoms in total. The number of aromatic nitrogens is 3. The average Bonchev–Trinajstić information content (AvgIpc) is 3.27. The number of esters is 1. The number of hydrogen-bond acceptors (Lipinski definition) is 6. The molecule has 1 spiro atoms. The van der Waals surface area contributed by atoms with Crippen LogP contribution in [0, 0.1) is 12.3 Å². The fourth-order valence-corrected chi connectivity index (χ4v) is 4.89. The summed E-state index contributed by atoms with van der Waals surface area (Å²) in [6.45, 7) is 6.22. The minimum Gasteiger partial charge on any atom is -0.465 e. The number of methoxy groups -OCH3 is 1. The molecule has 2 aliphatic heterocycles. The maximum Gasteiger partial charge on any atom is 0.337 e. The number of nitrogens with one attached hydrogen (secondary N) is 1. The number of ether oxygens (including phenoxy) is 1. The van der Waals surface area contributed by atoms with Crippen LogP contribution < -0.4 is 9.80 Å². The van der Waals surface area contributed by atoms with Gasteiger partial charge in [-0.1, -0.05) is 12.1 Å². The van der Waals surface area contributed by atoms with E-state index in [1.807, 2.05) is 31.3 Å². The number of anilines is 2. The Bertz CT molecular complexity index is 1100. The molecule has 5 rings (SSSR count). The third-order valence-electron chi connectivity index (χ3n) is 6.44. The minimum atomic E-state index is -0.335. The highest BCUT2D eigenvalue weighted by molar-refractivity contribution is 5.90. The molecular weight excluding hydrogens is 390 g/mol. The van der Waals surface area contributed by atoms with Crippen molar-refractivity contribution >= 4 is 17.5 Å². The second-order valence-electron chi connectivity index (χ2n) is 8.75. The normalized spacial score (nSPS) is 17.5. The molecule has 3 aromatic rings. The van der Waals surface area contributed by atoms with Gasteiger partial charge in [0.25, 0.3) is 0 Å². The molecule has 0 aliphatic carbocycles. The second-order valence-corrected chi connectivity index (χ2v) is 8.75. The summed E-state index contributed by atoms with van der Waals surface area (Å²) in [4.78, 5) is 21.0. The topological polar surface area (TPSA) is 74.3 Å². The number of carbonyl (C=O) groups is 1. The maximum atomic E-state index is 11.8. The third kappa shape index (κ3) is 3.76. The first-order chi connectivity index (χ1) is 15.0. The third-order valence-corrected chi connectivity index (χ3v) is 6.44. The van der Waals surface area contributed by atoms with E-state index in [1.54, 1.807) is 6.07 Å². The molecule has 2 aliphatic rings. The summed E-state index contributed by atoms with van der Waals surface area (Å²) in [7, 11) is 1.40. The van der Waals surface area contributed by atoms with Gasteiger partial charge in [-0.15, -0.1) is 0 Å². The van der Waals surface area contributed by atoms with Crippen molar-refractivity contribution in [3.63, 3.8) is 0 Å². The molecule has 31 heavy (non-hydrogen) atoms. The van der Waals surface area contributed by atoms with Crippen LogP contribution in [0.2, 0.25) is 0 Å². The van der Waals surface area contributed by atoms with E-state index in [0.717, 1.165) is 48.9 Å². The number of aromatic amines is 1. The Morgan fingerprint density at radius 3 is 2.77 bits per heavy atom. The van der Waals surface area contributed by atoms with Crippen LogP contribution in [-0.2, 0) is 4.74 Å². The highest BCUT2D eigenvalue weighted by atomic mass is 16.5. The Labute approximate surface area is 182 Å². The van der Waals surface area contributed by atoms with E-state index >= 15 is 0 Å². The van der Waals surface area contributed by atoms with Crippen molar-refractivity contribution in [3.8, 4) is 11.3 Å². The van der Waals surface area contributed by atoms with Crippen molar-refractivity contribution in [1.82, 2.24) is 15.2 Å². The average molecular weight is 418 g/mol. The van der Waals surface area contributed by atoms with Crippen molar-refractivity contribution in [1.29, 1.82) is 0 Å². The van der Waals surface area contributed by atoms with E-state index in [1.165, 1.54) is 25.6 Å². The fraction of sp³-hybridized carbons (Fsp3) is 0.375. The van der Waals surface area contributed by atoms with Gasteiger partial charge in [-0.05, 0) is 44.0 Å². The smallest absolute Gasteiger partial charge is 0.337 e. The molecular formula is C24H27N5O2. The number of piperidine rings is 1. The van der Waals surface area contributed by atoms with Crippen LogP contribution in [0.4, 0.5) is 11.5 Å². The zero-order valence-electron chi connectivity index (χ0n) is 18.0. The summed E-state index contributed by atoms with van der Waals surface area (Å²) < 4.78 is 4.84. The van der Waals surface area contributed by atoms with Gasteiger partial charge in [-0.3, -0.25) is 10.1 Å². The minimum absolute atomic E-state index is 0.319. The van der Waals surface area contributed by atoms with E-state index in [0.29, 0.717) is 11.0 Å². The Hall–Kier alpha value is -3.35. The van der Waals surface area contributed by atoms with Crippen LogP contribution in [0.15, 0.2) is 48.7 Å². The van der Waals surface area contributed by atoms with Crippen molar-refractivity contribution in [2.75, 3.05) is 43.1 Å². The quantitative estimate of drug-likeness (QED) is 0.653. The van der Waals surface area contributed by atoms with E-state index in [-0.39, 0.29) is 5.97 Å². The molecule has 0 bridgehead atoms. The Balaban J connectivity index is 1.29. The van der Waals surface area contributed by atoms with Gasteiger partial charge >= 0.3 is 5.97 Å². The molecule has 2 saturated heterocycles. The van der Waals surface area contributed by atoms with E-state index in [2.05, 4.69) is 43.2 Å². The van der Waals surface area contributed by atoms with Gasteiger partial charge in [-0.2, -0.15) is 5.10 Å². The van der Waals surface area contributed by atoms with Crippen LogP contribution in [0.5, 0.6) is 0 Å². The van der Waals surface area contributed by atoms with Crippen molar-refractivity contribution in [2.24, 2.45) is 5.41 Å². The predicted octanol–water partition coefficient (Wildman–Crippen LogP) is 3.67. The first-order valence-electron chi connectivity index (χ1n) is 10.7. The highest BCUT2D eigenvalue weighted by Crippen LogP contribution is 2.42. The Morgan fingerprint density at radius 1 is 1.13 bits per heavy atom. The van der Waals surface area contributed by atoms with Crippen LogP contribution >= 0.6 is 0 Å². The van der Waals surface area contributed by atoms with Gasteiger partial charge in [0, 0.05) is 60.8 Å². The molecule has 1 aromatic carbocycles. The van der Waals surface area contributed by atoms with Crippen molar-refractivity contribution in [2.45, 2.75) is 19.8 Å². The van der Waals surface area contributed by atoms with Gasteiger partial charge < -0.3 is 14.5 Å². The number of aryl methyl sites for hydroxylation is 1. The molecule has 0 saturated carbocycles. The largest absolute Gasteiger partial charge is 0.465 e. The summed E-state index contributed by atoms with van der Waals surface area (Å²) >= 11 is 0. The van der Waals surface area contributed by atoms with Gasteiger partial charge in [-0.25, -0.2) is 4.79 Å². The molecule has 7 heteroatoms. The maximum absolute atomic E-state index is 11.8. The Morgan fingerprint density at radius 2 is 1.97 bits per heavy atom. The number of nitrogens with zero attached hydrogens (tertiary/aromatic N) is 4. The molecule has 4 heterocycles. The van der Waals surface area contributed by atoms with Gasteiger partial charge in [0.2, 0.25) is 0 Å². The van der Waals surface area contributed by atoms with Crippen LogP contribution in [0.3, 0.4) is 0 Å². The van der Waals surface area contributed by atoms with E-state index in [4.69, 9.17) is 4.74 Å². The summed E-state index contributed by atoms with van der Waals surface area (Å²) in [6.07, 6.45) is 4.31. The standard InChI is InChI=1S/C24H27N5O2/c1-17-11-20(7-9-25-17)29-15-24(16-29)8-4-10-28(14-24)22-13-21(26-27-22)18-5-3-6-19(12-18)23(30)31-2/h3,5-7,9,11-13H,4,8,10,14-16H2,1-2H3,(H,26,27). The molecule has 2 aromatic heterocycles. The molecule has 0 amide bonds. The molecule has 2 fully saturated rings. The first-order valence-corrected chi connectivity index (χ1v) is 10.7. The van der Waals surface area contributed by atoms with Crippen molar-refractivity contribution < 1.29 is 9.53 Å². The summed E-state index contributed by atoms with van der Waals surface area (Å²) in [5.41, 5.74) is 5.01. The molecule has 0 atom stereocenters. The van der Waals surface area contributed by atoms with Crippen LogP contribution in [0.25, 0.3) is 11.3 Å². The van der Waals surface area contributed by atoms with E-state index in [9.17, 15) is 4.79 Å². The lowest BCUT2D eigenvalue weighted by Gasteiger charge is -2.55. The number of pyridine rings is 1. The molecule has 0 unspecified atom stereocenters. The number of rotatable bonds is 4. The van der Waals surface area contributed by atoms with Gasteiger partial charge in [0.1, 0.15) is 0 Å². The Kier molecular flexibility index (Phi) is 4.88. The lowest BCUT2D eigenvalue weighted by Crippen LogP contribution is -2.63. The lowest BCUT2D eigenvalue weighted by molar-refractivity contribution is 0.0601. The molecule has 1 N–H and O–H groups in total. The highest BCUT2D eigenvalue weighted by Gasteiger charge is 2.46. The zero-order chi connectivity index (χ0) is 21.4. The first kappa shape index (κ1) is 19.6. The molecule has 160 valence electrons. The number of carbonyl (C=O) groups excluding carboxylic acids is 1. The SMILES string of the molecule is COC(=O)c1cccc(-c2cc(N3CCCC4(CN(c5ccnc(C)c5)C4)C3)n[nH]2)c1.